The topological polar surface area (TPSA) is 72.2 Å². The molecule has 3 aromatic rings. The Morgan fingerprint density at radius 1 is 1.14 bits per heavy atom. The Balaban J connectivity index is 1.40. The number of anilines is 1. The molecule has 188 valence electrons. The summed E-state index contributed by atoms with van der Waals surface area (Å²) in [5.74, 6) is 1.02. The normalized spacial score (nSPS) is 25.7. The van der Waals surface area contributed by atoms with Crippen LogP contribution in [0.25, 0.3) is 11.0 Å². The zero-order valence-corrected chi connectivity index (χ0v) is 23.0. The highest BCUT2D eigenvalue weighted by Crippen LogP contribution is 2.45. The summed E-state index contributed by atoms with van der Waals surface area (Å²) in [5, 5.41) is 15.5. The van der Waals surface area contributed by atoms with E-state index < -0.39 is 14.4 Å². The Labute approximate surface area is 210 Å². The first-order chi connectivity index (χ1) is 16.5. The van der Waals surface area contributed by atoms with Gasteiger partial charge in [-0.1, -0.05) is 45.0 Å². The van der Waals surface area contributed by atoms with Gasteiger partial charge < -0.3 is 19.4 Å². The van der Waals surface area contributed by atoms with Crippen molar-refractivity contribution in [2.45, 2.75) is 95.8 Å². The molecule has 1 aromatic carbocycles. The summed E-state index contributed by atoms with van der Waals surface area (Å²) in [4.78, 5) is 9.31. The molecule has 6 nitrogen and oxygen atoms in total. The van der Waals surface area contributed by atoms with E-state index in [0.29, 0.717) is 0 Å². The molecule has 0 radical (unpaired) electrons. The van der Waals surface area contributed by atoms with E-state index in [2.05, 4.69) is 85.3 Å². The molecule has 1 saturated carbocycles. The predicted molar refractivity (Wildman–Crippen MR) is 144 cm³/mol. The molecule has 2 aliphatic carbocycles. The summed E-state index contributed by atoms with van der Waals surface area (Å²) in [6, 6.07) is 11.3. The highest BCUT2D eigenvalue weighted by Gasteiger charge is 2.45. The molecular weight excluding hydrogens is 452 g/mol. The van der Waals surface area contributed by atoms with Gasteiger partial charge in [-0.3, -0.25) is 0 Å². The number of hydrogen-bond donors (Lipinski definition) is 2. The van der Waals surface area contributed by atoms with Gasteiger partial charge in [0.1, 0.15) is 17.8 Å². The quantitative estimate of drug-likeness (QED) is 0.398. The van der Waals surface area contributed by atoms with Crippen LogP contribution in [0.15, 0.2) is 42.9 Å². The maximum Gasteiger partial charge on any atom is 0.192 e. The molecule has 35 heavy (non-hydrogen) atoms. The first kappa shape index (κ1) is 24.5. The van der Waals surface area contributed by atoms with Gasteiger partial charge in [-0.15, -0.1) is 0 Å². The van der Waals surface area contributed by atoms with Gasteiger partial charge in [-0.05, 0) is 67.9 Å². The van der Waals surface area contributed by atoms with Gasteiger partial charge >= 0.3 is 0 Å². The average molecular weight is 493 g/mol. The standard InChI is InChI=1S/C28H40N4O2Si/c1-18(33)23-15-20(16-25(23)34-35(5,6)28(2,3)4)32-14-13-22-26(29-17-30-27(22)32)31-24-12-11-19-9-7-8-10-21(19)24/h7-10,13-14,17-18,20,23-25,33H,11-12,15-16H2,1-6H3,(H,29,30,31)/t18?,20-,23+,24+,25+/m1/s1. The SMILES string of the molecule is CC(O)[C@@H]1C[C@@H](n2ccc3c(N[C@H]4CCc5ccccc54)ncnc32)C[C@@H]1O[Si](C)(C)C(C)(C)C. The van der Waals surface area contributed by atoms with E-state index in [0.717, 1.165) is 42.5 Å². The van der Waals surface area contributed by atoms with Crippen molar-refractivity contribution in [1.82, 2.24) is 14.5 Å². The Bertz CT molecular complexity index is 1200. The zero-order valence-electron chi connectivity index (χ0n) is 22.0. The monoisotopic (exact) mass is 492 g/mol. The highest BCUT2D eigenvalue weighted by atomic mass is 28.4. The van der Waals surface area contributed by atoms with Gasteiger partial charge in [0.25, 0.3) is 0 Å². The number of aryl methyl sites for hydroxylation is 1. The molecule has 5 rings (SSSR count). The van der Waals surface area contributed by atoms with Crippen molar-refractivity contribution in [3.05, 3.63) is 54.0 Å². The fourth-order valence-corrected chi connectivity index (χ4v) is 7.06. The van der Waals surface area contributed by atoms with Gasteiger partial charge in [0.05, 0.1) is 23.6 Å². The lowest BCUT2D eigenvalue weighted by atomic mass is 10.00. The van der Waals surface area contributed by atoms with Crippen molar-refractivity contribution in [2.75, 3.05) is 5.32 Å². The van der Waals surface area contributed by atoms with E-state index in [-0.39, 0.29) is 29.1 Å². The van der Waals surface area contributed by atoms with E-state index in [9.17, 15) is 5.11 Å². The summed E-state index contributed by atoms with van der Waals surface area (Å²) >= 11 is 0. The number of nitrogens with one attached hydrogen (secondary N) is 1. The molecule has 0 amide bonds. The van der Waals surface area contributed by atoms with E-state index in [4.69, 9.17) is 9.41 Å². The summed E-state index contributed by atoms with van der Waals surface area (Å²) in [7, 11) is -1.94. The number of hydrogen-bond acceptors (Lipinski definition) is 5. The van der Waals surface area contributed by atoms with Crippen molar-refractivity contribution in [2.24, 2.45) is 5.92 Å². The molecule has 5 atom stereocenters. The number of rotatable bonds is 6. The number of aliphatic hydroxyl groups excluding tert-OH is 1. The van der Waals surface area contributed by atoms with Crippen molar-refractivity contribution in [1.29, 1.82) is 0 Å². The second-order valence-corrected chi connectivity index (χ2v) is 16.8. The minimum Gasteiger partial charge on any atom is -0.413 e. The van der Waals surface area contributed by atoms with Crippen LogP contribution in [0, 0.1) is 5.92 Å². The molecule has 2 heterocycles. The lowest BCUT2D eigenvalue weighted by Gasteiger charge is -2.40. The largest absolute Gasteiger partial charge is 0.413 e. The van der Waals surface area contributed by atoms with Crippen LogP contribution in [0.3, 0.4) is 0 Å². The third-order valence-corrected chi connectivity index (χ3v) is 13.2. The Kier molecular flexibility index (Phi) is 6.30. The Morgan fingerprint density at radius 2 is 1.91 bits per heavy atom. The van der Waals surface area contributed by atoms with E-state index in [1.54, 1.807) is 6.33 Å². The maximum atomic E-state index is 10.6. The fraction of sp³-hybridized carbons (Fsp3) is 0.571. The number of aliphatic hydroxyl groups is 1. The molecule has 2 N–H and O–H groups in total. The number of nitrogens with zero attached hydrogens (tertiary/aromatic N) is 3. The maximum absolute atomic E-state index is 10.6. The number of aromatic nitrogens is 3. The second kappa shape index (κ2) is 9.02. The molecule has 0 aliphatic heterocycles. The van der Waals surface area contributed by atoms with Gasteiger partial charge in [0.15, 0.2) is 8.32 Å². The fourth-order valence-electron chi connectivity index (χ4n) is 5.68. The van der Waals surface area contributed by atoms with E-state index in [1.807, 2.05) is 6.92 Å². The molecule has 1 unspecified atom stereocenters. The third-order valence-electron chi connectivity index (χ3n) is 8.74. The molecule has 2 aliphatic rings. The lowest BCUT2D eigenvalue weighted by Crippen LogP contribution is -2.46. The summed E-state index contributed by atoms with van der Waals surface area (Å²) in [5.41, 5.74) is 3.76. The Hall–Kier alpha value is -2.22. The van der Waals surface area contributed by atoms with Gasteiger partial charge in [0.2, 0.25) is 0 Å². The van der Waals surface area contributed by atoms with Crippen LogP contribution in [0.4, 0.5) is 5.82 Å². The molecule has 0 spiro atoms. The van der Waals surface area contributed by atoms with Crippen molar-refractivity contribution >= 4 is 25.2 Å². The Morgan fingerprint density at radius 3 is 2.66 bits per heavy atom. The van der Waals surface area contributed by atoms with Gasteiger partial charge in [-0.25, -0.2) is 9.97 Å². The van der Waals surface area contributed by atoms with Crippen LogP contribution < -0.4 is 5.32 Å². The van der Waals surface area contributed by atoms with Crippen LogP contribution in [0.1, 0.15) is 70.2 Å². The summed E-state index contributed by atoms with van der Waals surface area (Å²) < 4.78 is 9.13. The van der Waals surface area contributed by atoms with Gasteiger partial charge in [-0.2, -0.15) is 0 Å². The molecular formula is C28H40N4O2Si. The zero-order chi connectivity index (χ0) is 25.0. The van der Waals surface area contributed by atoms with Crippen molar-refractivity contribution < 1.29 is 9.53 Å². The number of benzene rings is 1. The van der Waals surface area contributed by atoms with Crippen LogP contribution >= 0.6 is 0 Å². The molecule has 0 bridgehead atoms. The lowest BCUT2D eigenvalue weighted by molar-refractivity contribution is 0.0480. The minimum atomic E-state index is -1.94. The van der Waals surface area contributed by atoms with Crippen molar-refractivity contribution in [3.8, 4) is 0 Å². The van der Waals surface area contributed by atoms with Crippen LogP contribution in [-0.2, 0) is 10.8 Å². The smallest absolute Gasteiger partial charge is 0.192 e. The van der Waals surface area contributed by atoms with Crippen LogP contribution in [-0.4, -0.2) is 40.2 Å². The molecule has 1 fully saturated rings. The van der Waals surface area contributed by atoms with E-state index >= 15 is 0 Å². The van der Waals surface area contributed by atoms with Gasteiger partial charge in [0, 0.05) is 18.2 Å². The molecule has 2 aromatic heterocycles. The first-order valence-electron chi connectivity index (χ1n) is 13.1. The van der Waals surface area contributed by atoms with Crippen LogP contribution in [0.2, 0.25) is 18.1 Å². The third kappa shape index (κ3) is 4.54. The molecule has 0 saturated heterocycles. The highest BCUT2D eigenvalue weighted by molar-refractivity contribution is 6.74. The van der Waals surface area contributed by atoms with E-state index in [1.165, 1.54) is 11.1 Å². The predicted octanol–water partition coefficient (Wildman–Crippen LogP) is 6.25. The average Bonchev–Trinajstić information content (AvgIpc) is 3.50. The van der Waals surface area contributed by atoms with Crippen LogP contribution in [0.5, 0.6) is 0 Å². The first-order valence-corrected chi connectivity index (χ1v) is 16.0. The van der Waals surface area contributed by atoms with Crippen molar-refractivity contribution in [3.63, 3.8) is 0 Å². The summed E-state index contributed by atoms with van der Waals surface area (Å²) in [6.07, 6.45) is 7.45. The second-order valence-electron chi connectivity index (χ2n) is 12.1. The molecule has 7 heteroatoms. The number of fused-ring (bicyclic) bond motifs is 2. The minimum absolute atomic E-state index is 0.0627. The summed E-state index contributed by atoms with van der Waals surface area (Å²) in [6.45, 7) is 13.3.